The van der Waals surface area contributed by atoms with Crippen LogP contribution in [-0.2, 0) is 19.7 Å². The van der Waals surface area contributed by atoms with E-state index >= 15 is 0 Å². The molecule has 0 atom stereocenters. The molecular formula is C22H36N4O5S. The molecule has 2 amide bonds. The Hall–Kier alpha value is -2.01. The van der Waals surface area contributed by atoms with Gasteiger partial charge in [-0.05, 0) is 50.6 Å². The molecule has 1 aliphatic rings. The number of sulfonamides is 1. The van der Waals surface area contributed by atoms with E-state index in [-0.39, 0.29) is 28.0 Å². The van der Waals surface area contributed by atoms with Crippen molar-refractivity contribution in [2.24, 2.45) is 11.3 Å². The standard InChI is InChI=1S/C22H36N4O5S/c1-22(2,16-24(3)4)15-23-20(27)17-10-12-26(13-11-17)21(28)18-8-7-9-19(14-18)32(29,30)25(5)31-6/h7-9,14,17H,10-13,15-16H2,1-6H3,(H,23,27). The Morgan fingerprint density at radius 1 is 1.19 bits per heavy atom. The molecule has 0 unspecified atom stereocenters. The van der Waals surface area contributed by atoms with E-state index in [4.69, 9.17) is 4.84 Å². The topological polar surface area (TPSA) is 99.3 Å². The summed E-state index contributed by atoms with van der Waals surface area (Å²) in [6.45, 7) is 6.61. The van der Waals surface area contributed by atoms with Crippen molar-refractivity contribution in [3.8, 4) is 0 Å². The van der Waals surface area contributed by atoms with Crippen LogP contribution in [0.5, 0.6) is 0 Å². The summed E-state index contributed by atoms with van der Waals surface area (Å²) >= 11 is 0. The minimum Gasteiger partial charge on any atom is -0.355 e. The fraction of sp³-hybridized carbons (Fsp3) is 0.636. The highest BCUT2D eigenvalue weighted by Gasteiger charge is 2.30. The van der Waals surface area contributed by atoms with Crippen molar-refractivity contribution in [2.45, 2.75) is 31.6 Å². The fourth-order valence-electron chi connectivity index (χ4n) is 3.95. The average molecular weight is 469 g/mol. The van der Waals surface area contributed by atoms with E-state index in [9.17, 15) is 18.0 Å². The van der Waals surface area contributed by atoms with Crippen LogP contribution in [0.15, 0.2) is 29.2 Å². The van der Waals surface area contributed by atoms with Crippen LogP contribution in [-0.4, -0.2) is 88.9 Å². The van der Waals surface area contributed by atoms with Gasteiger partial charge in [-0.25, -0.2) is 8.42 Å². The fourth-order valence-corrected chi connectivity index (χ4v) is 4.97. The summed E-state index contributed by atoms with van der Waals surface area (Å²) in [6, 6.07) is 5.92. The van der Waals surface area contributed by atoms with Gasteiger partial charge in [0.25, 0.3) is 15.9 Å². The van der Waals surface area contributed by atoms with Crippen LogP contribution in [0, 0.1) is 11.3 Å². The molecule has 32 heavy (non-hydrogen) atoms. The van der Waals surface area contributed by atoms with E-state index in [0.29, 0.717) is 38.0 Å². The number of rotatable bonds is 9. The molecule has 0 radical (unpaired) electrons. The van der Waals surface area contributed by atoms with Crippen LogP contribution in [0.25, 0.3) is 0 Å². The highest BCUT2D eigenvalue weighted by Crippen LogP contribution is 2.22. The van der Waals surface area contributed by atoms with Gasteiger partial charge in [0.05, 0.1) is 12.0 Å². The number of nitrogens with zero attached hydrogens (tertiary/aromatic N) is 3. The number of hydroxylamine groups is 1. The van der Waals surface area contributed by atoms with Gasteiger partial charge in [-0.3, -0.25) is 14.4 Å². The molecule has 1 fully saturated rings. The number of likely N-dealkylation sites (tertiary alicyclic amines) is 1. The summed E-state index contributed by atoms with van der Waals surface area (Å²) in [5.41, 5.74) is 0.266. The number of piperidine rings is 1. The molecule has 10 heteroatoms. The summed E-state index contributed by atoms with van der Waals surface area (Å²) in [4.78, 5) is 34.1. The molecule has 0 saturated carbocycles. The van der Waals surface area contributed by atoms with Gasteiger partial charge in [0.1, 0.15) is 0 Å². The maximum atomic E-state index is 12.9. The normalized spacial score (nSPS) is 15.9. The van der Waals surface area contributed by atoms with Gasteiger partial charge >= 0.3 is 0 Å². The summed E-state index contributed by atoms with van der Waals surface area (Å²) in [5.74, 6) is -0.344. The zero-order valence-corrected chi connectivity index (χ0v) is 20.7. The van der Waals surface area contributed by atoms with E-state index < -0.39 is 10.0 Å². The number of nitrogens with one attached hydrogen (secondary N) is 1. The van der Waals surface area contributed by atoms with Crippen molar-refractivity contribution in [1.29, 1.82) is 0 Å². The largest absolute Gasteiger partial charge is 0.355 e. The van der Waals surface area contributed by atoms with Crippen molar-refractivity contribution in [2.75, 3.05) is 54.4 Å². The Morgan fingerprint density at radius 2 is 1.81 bits per heavy atom. The molecule has 1 aromatic rings. The molecule has 2 rings (SSSR count). The SMILES string of the molecule is CON(C)S(=O)(=O)c1cccc(C(=O)N2CCC(C(=O)NCC(C)(C)CN(C)C)CC2)c1. The molecule has 1 aromatic carbocycles. The number of carbonyl (C=O) groups is 2. The Labute approximate surface area is 191 Å². The molecule has 9 nitrogen and oxygen atoms in total. The quantitative estimate of drug-likeness (QED) is 0.551. The third-order valence-corrected chi connectivity index (χ3v) is 7.29. The second-order valence-electron chi connectivity index (χ2n) is 9.31. The summed E-state index contributed by atoms with van der Waals surface area (Å²) < 4.78 is 25.7. The van der Waals surface area contributed by atoms with Gasteiger partial charge in [-0.1, -0.05) is 24.4 Å². The second-order valence-corrected chi connectivity index (χ2v) is 11.2. The van der Waals surface area contributed by atoms with Crippen LogP contribution in [0.4, 0.5) is 0 Å². The lowest BCUT2D eigenvalue weighted by Crippen LogP contribution is -2.46. The number of carbonyl (C=O) groups excluding carboxylic acids is 2. The Morgan fingerprint density at radius 3 is 2.38 bits per heavy atom. The minimum absolute atomic E-state index is 0.0118. The summed E-state index contributed by atoms with van der Waals surface area (Å²) in [6.07, 6.45) is 1.16. The number of hydrogen-bond acceptors (Lipinski definition) is 6. The average Bonchev–Trinajstić information content (AvgIpc) is 2.75. The van der Waals surface area contributed by atoms with Crippen LogP contribution in [0.1, 0.15) is 37.0 Å². The first kappa shape index (κ1) is 26.2. The lowest BCUT2D eigenvalue weighted by Gasteiger charge is -2.33. The van der Waals surface area contributed by atoms with Crippen LogP contribution >= 0.6 is 0 Å². The number of amides is 2. The zero-order valence-electron chi connectivity index (χ0n) is 19.9. The van der Waals surface area contributed by atoms with Crippen molar-refractivity contribution in [3.63, 3.8) is 0 Å². The molecule has 0 aromatic heterocycles. The van der Waals surface area contributed by atoms with Gasteiger partial charge in [-0.15, -0.1) is 0 Å². The molecule has 180 valence electrons. The highest BCUT2D eigenvalue weighted by atomic mass is 32.2. The molecule has 1 heterocycles. The first-order valence-electron chi connectivity index (χ1n) is 10.7. The molecular weight excluding hydrogens is 432 g/mol. The Bertz CT molecular complexity index is 909. The predicted molar refractivity (Wildman–Crippen MR) is 122 cm³/mol. The Balaban J connectivity index is 1.96. The van der Waals surface area contributed by atoms with Gasteiger partial charge < -0.3 is 15.1 Å². The smallest absolute Gasteiger partial charge is 0.264 e. The summed E-state index contributed by atoms with van der Waals surface area (Å²) in [5, 5.41) is 3.06. The minimum atomic E-state index is -3.84. The van der Waals surface area contributed by atoms with E-state index in [0.717, 1.165) is 11.0 Å². The molecule has 1 aliphatic heterocycles. The highest BCUT2D eigenvalue weighted by molar-refractivity contribution is 7.89. The third-order valence-electron chi connectivity index (χ3n) is 5.61. The molecule has 1 saturated heterocycles. The lowest BCUT2D eigenvalue weighted by molar-refractivity contribution is -0.126. The third kappa shape index (κ3) is 6.74. The number of hydrogen-bond donors (Lipinski definition) is 1. The molecule has 0 bridgehead atoms. The van der Waals surface area contributed by atoms with Crippen molar-refractivity contribution < 1.29 is 22.8 Å². The second kappa shape index (κ2) is 10.7. The lowest BCUT2D eigenvalue weighted by atomic mass is 9.91. The first-order valence-corrected chi connectivity index (χ1v) is 12.2. The Kier molecular flexibility index (Phi) is 8.81. The monoisotopic (exact) mass is 468 g/mol. The van der Waals surface area contributed by atoms with Gasteiger partial charge in [0.15, 0.2) is 0 Å². The maximum Gasteiger partial charge on any atom is 0.264 e. The molecule has 1 N–H and O–H groups in total. The van der Waals surface area contributed by atoms with E-state index in [1.807, 2.05) is 14.1 Å². The van der Waals surface area contributed by atoms with Crippen LogP contribution < -0.4 is 5.32 Å². The van der Waals surface area contributed by atoms with Crippen LogP contribution in [0.2, 0.25) is 0 Å². The van der Waals surface area contributed by atoms with Gasteiger partial charge in [0.2, 0.25) is 5.91 Å². The zero-order chi connectivity index (χ0) is 24.1. The van der Waals surface area contributed by atoms with Crippen LogP contribution in [0.3, 0.4) is 0 Å². The number of benzene rings is 1. The van der Waals surface area contributed by atoms with Crippen molar-refractivity contribution in [1.82, 2.24) is 19.6 Å². The first-order chi connectivity index (χ1) is 14.9. The van der Waals surface area contributed by atoms with E-state index in [2.05, 4.69) is 24.1 Å². The van der Waals surface area contributed by atoms with Crippen molar-refractivity contribution in [3.05, 3.63) is 29.8 Å². The van der Waals surface area contributed by atoms with E-state index in [1.165, 1.54) is 26.3 Å². The van der Waals surface area contributed by atoms with Crippen molar-refractivity contribution >= 4 is 21.8 Å². The predicted octanol–water partition coefficient (Wildman–Crippen LogP) is 1.42. The van der Waals surface area contributed by atoms with Gasteiger partial charge in [0, 0.05) is 44.7 Å². The summed E-state index contributed by atoms with van der Waals surface area (Å²) in [7, 11) is 2.74. The van der Waals surface area contributed by atoms with Gasteiger partial charge in [-0.2, -0.15) is 0 Å². The molecule has 0 aliphatic carbocycles. The molecule has 0 spiro atoms. The maximum absolute atomic E-state index is 12.9. The van der Waals surface area contributed by atoms with E-state index in [1.54, 1.807) is 17.0 Å².